The third-order valence-electron chi connectivity index (χ3n) is 5.16. The minimum Gasteiger partial charge on any atom is -0.490 e. The molecule has 1 heterocycles. The molecule has 5 nitrogen and oxygen atoms in total. The summed E-state index contributed by atoms with van der Waals surface area (Å²) in [7, 11) is -3.13. The first-order valence-electron chi connectivity index (χ1n) is 9.67. The van der Waals surface area contributed by atoms with E-state index in [-0.39, 0.29) is 24.9 Å². The molecule has 1 fully saturated rings. The van der Waals surface area contributed by atoms with E-state index in [0.29, 0.717) is 0 Å². The van der Waals surface area contributed by atoms with E-state index in [1.807, 2.05) is 24.3 Å². The smallest absolute Gasteiger partial charge is 0.404 e. The SMILES string of the molecule is CN=C1CC(c2ccc(OC3CCCCC3)cc2)=CCN1S(=O)(=O)CC(F)(F)F. The number of ether oxygens (including phenoxy) is 1. The van der Waals surface area contributed by atoms with Gasteiger partial charge >= 0.3 is 6.18 Å². The van der Waals surface area contributed by atoms with Gasteiger partial charge in [0.15, 0.2) is 5.75 Å². The predicted octanol–water partition coefficient (Wildman–Crippen LogP) is 4.41. The monoisotopic (exact) mass is 430 g/mol. The van der Waals surface area contributed by atoms with Crippen LogP contribution < -0.4 is 4.74 Å². The van der Waals surface area contributed by atoms with E-state index in [1.165, 1.54) is 26.3 Å². The van der Waals surface area contributed by atoms with E-state index in [9.17, 15) is 21.6 Å². The fourth-order valence-electron chi connectivity index (χ4n) is 3.72. The van der Waals surface area contributed by atoms with Gasteiger partial charge in [-0.3, -0.25) is 9.30 Å². The second-order valence-electron chi connectivity index (χ2n) is 7.35. The zero-order valence-electron chi connectivity index (χ0n) is 16.3. The molecule has 0 amide bonds. The van der Waals surface area contributed by atoms with Crippen molar-refractivity contribution in [3.8, 4) is 5.75 Å². The Kier molecular flexibility index (Phi) is 6.55. The summed E-state index contributed by atoms with van der Waals surface area (Å²) in [6.45, 7) is -0.166. The number of hydrogen-bond acceptors (Lipinski definition) is 4. The van der Waals surface area contributed by atoms with E-state index in [4.69, 9.17) is 4.74 Å². The van der Waals surface area contributed by atoms with Crippen molar-refractivity contribution in [3.63, 3.8) is 0 Å². The third-order valence-corrected chi connectivity index (χ3v) is 6.88. The van der Waals surface area contributed by atoms with E-state index in [0.717, 1.165) is 34.0 Å². The number of nitrogens with zero attached hydrogens (tertiary/aromatic N) is 2. The Morgan fingerprint density at radius 2 is 1.79 bits per heavy atom. The van der Waals surface area contributed by atoms with Crippen LogP contribution >= 0.6 is 0 Å². The lowest BCUT2D eigenvalue weighted by Crippen LogP contribution is -2.43. The highest BCUT2D eigenvalue weighted by Gasteiger charge is 2.40. The van der Waals surface area contributed by atoms with Gasteiger partial charge in [-0.1, -0.05) is 24.6 Å². The molecule has 0 bridgehead atoms. The van der Waals surface area contributed by atoms with Gasteiger partial charge in [0, 0.05) is 13.5 Å². The molecule has 2 aliphatic rings. The molecule has 1 aliphatic carbocycles. The van der Waals surface area contributed by atoms with Crippen molar-refractivity contribution < 1.29 is 26.3 Å². The molecule has 1 saturated carbocycles. The summed E-state index contributed by atoms with van der Waals surface area (Å²) >= 11 is 0. The number of sulfonamides is 1. The third kappa shape index (κ3) is 5.74. The van der Waals surface area contributed by atoms with Crippen LogP contribution in [-0.2, 0) is 10.0 Å². The zero-order chi connectivity index (χ0) is 21.1. The molecular formula is C20H25F3N2O3S. The average Bonchev–Trinajstić information content (AvgIpc) is 2.67. The molecule has 29 heavy (non-hydrogen) atoms. The lowest BCUT2D eigenvalue weighted by molar-refractivity contribution is -0.106. The Morgan fingerprint density at radius 3 is 2.38 bits per heavy atom. The normalized spacial score (nSPS) is 20.6. The molecular weight excluding hydrogens is 405 g/mol. The summed E-state index contributed by atoms with van der Waals surface area (Å²) in [6, 6.07) is 7.52. The van der Waals surface area contributed by atoms with Gasteiger partial charge in [-0.15, -0.1) is 0 Å². The highest BCUT2D eigenvalue weighted by molar-refractivity contribution is 7.89. The molecule has 0 unspecified atom stereocenters. The molecule has 1 aromatic rings. The predicted molar refractivity (Wildman–Crippen MR) is 106 cm³/mol. The second-order valence-corrected chi connectivity index (χ2v) is 9.24. The molecule has 0 radical (unpaired) electrons. The van der Waals surface area contributed by atoms with Crippen molar-refractivity contribution in [1.82, 2.24) is 4.31 Å². The Labute approximate surface area is 169 Å². The highest BCUT2D eigenvalue weighted by Crippen LogP contribution is 2.30. The van der Waals surface area contributed by atoms with Gasteiger partial charge in [0.1, 0.15) is 11.6 Å². The van der Waals surface area contributed by atoms with Crippen molar-refractivity contribution >= 4 is 21.4 Å². The molecule has 1 aromatic carbocycles. The van der Waals surface area contributed by atoms with Crippen LogP contribution in [0.2, 0.25) is 0 Å². The maximum absolute atomic E-state index is 12.6. The molecule has 160 valence electrons. The molecule has 0 saturated heterocycles. The number of amidine groups is 1. The van der Waals surface area contributed by atoms with Gasteiger partial charge in [-0.2, -0.15) is 13.2 Å². The van der Waals surface area contributed by atoms with Crippen molar-refractivity contribution in [2.75, 3.05) is 19.3 Å². The van der Waals surface area contributed by atoms with Crippen LogP contribution in [0.3, 0.4) is 0 Å². The first kappa shape index (κ1) is 21.7. The Balaban J connectivity index is 1.71. The van der Waals surface area contributed by atoms with Crippen LogP contribution in [0.15, 0.2) is 35.3 Å². The minimum absolute atomic E-state index is 0.106. The Morgan fingerprint density at radius 1 is 1.14 bits per heavy atom. The van der Waals surface area contributed by atoms with Gasteiger partial charge in [-0.25, -0.2) is 8.42 Å². The minimum atomic E-state index is -4.80. The standard InChI is InChI=1S/C20H25F3N2O3S/c1-24-19-13-16(11-12-25(19)29(26,27)14-20(21,22)23)15-7-9-18(10-8-15)28-17-5-3-2-4-6-17/h7-11,17H,2-6,12-14H2,1H3. The lowest BCUT2D eigenvalue weighted by Gasteiger charge is -2.29. The topological polar surface area (TPSA) is 59.0 Å². The van der Waals surface area contributed by atoms with Crippen molar-refractivity contribution in [3.05, 3.63) is 35.9 Å². The summed E-state index contributed by atoms with van der Waals surface area (Å²) in [5.41, 5.74) is 1.70. The summed E-state index contributed by atoms with van der Waals surface area (Å²) in [6.07, 6.45) is 2.98. The number of aliphatic imine (C=N–C) groups is 1. The average molecular weight is 430 g/mol. The summed E-state index contributed by atoms with van der Waals surface area (Å²) < 4.78 is 68.8. The van der Waals surface area contributed by atoms with Crippen LogP contribution in [0.4, 0.5) is 13.2 Å². The van der Waals surface area contributed by atoms with Gasteiger partial charge in [-0.05, 0) is 49.0 Å². The lowest BCUT2D eigenvalue weighted by atomic mass is 9.97. The van der Waals surface area contributed by atoms with Crippen LogP contribution in [0.5, 0.6) is 5.75 Å². The Bertz CT molecular complexity index is 871. The first-order chi connectivity index (χ1) is 13.7. The molecule has 0 atom stereocenters. The molecule has 0 aromatic heterocycles. The number of rotatable bonds is 5. The molecule has 1 aliphatic heterocycles. The number of alkyl halides is 3. The maximum Gasteiger partial charge on any atom is 0.404 e. The van der Waals surface area contributed by atoms with E-state index < -0.39 is 22.0 Å². The van der Waals surface area contributed by atoms with Crippen LogP contribution in [0.25, 0.3) is 5.57 Å². The highest BCUT2D eigenvalue weighted by atomic mass is 32.2. The van der Waals surface area contributed by atoms with Crippen LogP contribution in [-0.4, -0.2) is 50.2 Å². The maximum atomic E-state index is 12.6. The van der Waals surface area contributed by atoms with Crippen molar-refractivity contribution in [2.45, 2.75) is 50.8 Å². The zero-order valence-corrected chi connectivity index (χ0v) is 17.1. The Hall–Kier alpha value is -2.03. The van der Waals surface area contributed by atoms with Crippen molar-refractivity contribution in [1.29, 1.82) is 0 Å². The number of hydrogen-bond donors (Lipinski definition) is 0. The van der Waals surface area contributed by atoms with Gasteiger partial charge in [0.05, 0.1) is 12.6 Å². The van der Waals surface area contributed by atoms with E-state index in [2.05, 4.69) is 4.99 Å². The molecule has 0 spiro atoms. The van der Waals surface area contributed by atoms with Gasteiger partial charge < -0.3 is 4.74 Å². The van der Waals surface area contributed by atoms with E-state index >= 15 is 0 Å². The quantitative estimate of drug-likeness (QED) is 0.695. The summed E-state index contributed by atoms with van der Waals surface area (Å²) in [4.78, 5) is 3.93. The number of benzene rings is 1. The first-order valence-corrected chi connectivity index (χ1v) is 11.3. The van der Waals surface area contributed by atoms with E-state index in [1.54, 1.807) is 6.08 Å². The van der Waals surface area contributed by atoms with Gasteiger partial charge in [0.2, 0.25) is 10.0 Å². The van der Waals surface area contributed by atoms with Crippen molar-refractivity contribution in [2.24, 2.45) is 4.99 Å². The number of halogens is 3. The molecule has 0 N–H and O–H groups in total. The fourth-order valence-corrected chi connectivity index (χ4v) is 5.06. The summed E-state index contributed by atoms with van der Waals surface area (Å²) in [5.74, 6) is -1.000. The van der Waals surface area contributed by atoms with Crippen LogP contribution in [0, 0.1) is 0 Å². The molecule has 3 rings (SSSR count). The molecule has 9 heteroatoms. The van der Waals surface area contributed by atoms with Crippen LogP contribution in [0.1, 0.15) is 44.1 Å². The largest absolute Gasteiger partial charge is 0.490 e. The second kappa shape index (κ2) is 8.77. The summed E-state index contributed by atoms with van der Waals surface area (Å²) in [5, 5.41) is 0. The van der Waals surface area contributed by atoms with Gasteiger partial charge in [0.25, 0.3) is 0 Å². The fraction of sp³-hybridized carbons (Fsp3) is 0.550.